The van der Waals surface area contributed by atoms with Gasteiger partial charge in [0, 0.05) is 118 Å². The van der Waals surface area contributed by atoms with Crippen molar-refractivity contribution in [1.29, 1.82) is 0 Å². The van der Waals surface area contributed by atoms with Crippen LogP contribution >= 0.6 is 0 Å². The van der Waals surface area contributed by atoms with Crippen molar-refractivity contribution in [1.82, 2.24) is 0 Å². The molecule has 10 atom stereocenters. The van der Waals surface area contributed by atoms with Crippen molar-refractivity contribution < 1.29 is 142 Å². The number of Topliss-reactive ketones (excluding diaryl/α,β-unsaturated/α-hetero) is 1. The van der Waals surface area contributed by atoms with E-state index < -0.39 is 88.0 Å². The van der Waals surface area contributed by atoms with Gasteiger partial charge in [0.25, 0.3) is 0 Å². The third kappa shape index (κ3) is 6.32. The second-order valence-electron chi connectivity index (χ2n) is 13.3. The van der Waals surface area contributed by atoms with E-state index in [1.807, 2.05) is 0 Å². The van der Waals surface area contributed by atoms with E-state index in [1.165, 1.54) is 13.8 Å². The van der Waals surface area contributed by atoms with E-state index in [-0.39, 0.29) is 124 Å². The van der Waals surface area contributed by atoms with Gasteiger partial charge in [0.15, 0.2) is 17.6 Å². The first-order valence-corrected chi connectivity index (χ1v) is 14.5. The van der Waals surface area contributed by atoms with Crippen molar-refractivity contribution in [3.8, 4) is 11.8 Å². The van der Waals surface area contributed by atoms with Crippen molar-refractivity contribution in [2.45, 2.75) is 103 Å². The molecule has 45 heavy (non-hydrogen) atoms. The number of ether oxygens (including phenoxy) is 3. The number of esters is 2. The van der Waals surface area contributed by atoms with E-state index in [2.05, 4.69) is 24.2 Å². The fourth-order valence-electron chi connectivity index (χ4n) is 7.84. The van der Waals surface area contributed by atoms with Crippen LogP contribution in [0.5, 0.6) is 0 Å². The number of aliphatic hydroxyl groups is 5. The number of hydrogen-bond donors (Lipinski definition) is 5. The van der Waals surface area contributed by atoms with Gasteiger partial charge in [-0.25, -0.2) is 9.59 Å². The number of carbonyl (C=O) groups is 3. The molecule has 4 aliphatic rings. The Hall–Kier alpha value is 0.0731. The summed E-state index contributed by atoms with van der Waals surface area (Å²) in [4.78, 5) is 40.1. The van der Waals surface area contributed by atoms with Gasteiger partial charge < -0.3 is 39.7 Å². The molecule has 13 heteroatoms. The van der Waals surface area contributed by atoms with Crippen molar-refractivity contribution in [3.63, 3.8) is 0 Å². The molecule has 3 fully saturated rings. The smallest absolute Gasteiger partial charge is 0.390 e. The maximum absolute atomic E-state index is 14.4. The Morgan fingerprint density at radius 1 is 1.13 bits per heavy atom. The molecule has 1 heterocycles. The Morgan fingerprint density at radius 3 is 2.22 bits per heavy atom. The van der Waals surface area contributed by atoms with E-state index in [0.29, 0.717) is 0 Å². The van der Waals surface area contributed by atoms with E-state index in [9.17, 15) is 39.9 Å². The molecule has 3 aliphatic carbocycles. The van der Waals surface area contributed by atoms with Crippen LogP contribution < -0.4 is 0 Å². The summed E-state index contributed by atoms with van der Waals surface area (Å²) in [5, 5.41) is 58.8. The molecule has 11 nitrogen and oxygen atoms in total. The Balaban J connectivity index is 0.00000353. The molecular weight excluding hydrogens is 1010 g/mol. The summed E-state index contributed by atoms with van der Waals surface area (Å²) in [6, 6.07) is 0. The summed E-state index contributed by atoms with van der Waals surface area (Å²) in [7, 11) is 0. The van der Waals surface area contributed by atoms with Crippen LogP contribution in [0.1, 0.15) is 61.3 Å². The molecule has 2 bridgehead atoms. The van der Waals surface area contributed by atoms with E-state index in [0.717, 1.165) is 0 Å². The molecular formula is C32H42Ac2O11. The molecule has 0 aromatic rings. The number of aliphatic hydroxyl groups excluding tert-OH is 3. The molecule has 2 radical (unpaired) electrons. The quantitative estimate of drug-likeness (QED) is 0.0655. The molecule has 0 aromatic heterocycles. The minimum atomic E-state index is -2.14. The number of fused-ring (bicyclic) bond motifs is 5. The summed E-state index contributed by atoms with van der Waals surface area (Å²) in [5.74, 6) is -1.87. The minimum Gasteiger partial charge on any atom is -0.456 e. The van der Waals surface area contributed by atoms with Gasteiger partial charge in [-0.3, -0.25) is 4.79 Å². The average molecular weight is 1060 g/mol. The Morgan fingerprint density at radius 2 is 1.73 bits per heavy atom. The van der Waals surface area contributed by atoms with Crippen LogP contribution in [0.4, 0.5) is 0 Å². The van der Waals surface area contributed by atoms with Gasteiger partial charge in [-0.15, -0.1) is 0 Å². The summed E-state index contributed by atoms with van der Waals surface area (Å²) < 4.78 is 16.9. The predicted octanol–water partition coefficient (Wildman–Crippen LogP) is 0.705. The minimum absolute atomic E-state index is 0. The first-order chi connectivity index (χ1) is 19.8. The van der Waals surface area contributed by atoms with Crippen molar-refractivity contribution in [2.75, 3.05) is 6.61 Å². The third-order valence-corrected chi connectivity index (χ3v) is 10.5. The first kappa shape index (κ1) is 41.2. The van der Waals surface area contributed by atoms with Gasteiger partial charge in [-0.05, 0) is 37.8 Å². The van der Waals surface area contributed by atoms with Crippen LogP contribution in [0.2, 0.25) is 0 Å². The molecule has 2 saturated carbocycles. The summed E-state index contributed by atoms with van der Waals surface area (Å²) in [6.45, 7) is 14.2. The summed E-state index contributed by atoms with van der Waals surface area (Å²) in [6.07, 6.45) is -7.47. The largest absolute Gasteiger partial charge is 0.456 e. The van der Waals surface area contributed by atoms with Crippen molar-refractivity contribution in [3.05, 3.63) is 29.2 Å². The molecule has 10 unspecified atom stereocenters. The second-order valence-corrected chi connectivity index (χ2v) is 13.3. The summed E-state index contributed by atoms with van der Waals surface area (Å²) in [5.41, 5.74) is -4.44. The molecule has 242 valence electrons. The zero-order chi connectivity index (χ0) is 32.4. The maximum Gasteiger partial charge on any atom is 0.390 e. The molecule has 1 aliphatic heterocycles. The van der Waals surface area contributed by atoms with Crippen LogP contribution in [-0.4, -0.2) is 91.6 Å². The second kappa shape index (κ2) is 14.5. The standard InChI is InChI=1S/C32H42O11.2Ac/c1-9-11-21(34)42-17(10-2)23-26-30(8,19(33)12-20-31(26,39)14-41-20)27(37)25(36)22-16(5)18(13-32(23,40)29(22,6)7)43-28(38)24(35)15(3)4;;/h15,18-20,23-26,33,35-36,39-40H,2,12-14H2,1,3-8H3;;. The number of hydrogen-bond acceptors (Lipinski definition) is 11. The van der Waals surface area contributed by atoms with Gasteiger partial charge in [0.2, 0.25) is 0 Å². The fourth-order valence-corrected chi connectivity index (χ4v) is 7.84. The molecule has 0 aromatic carbocycles. The van der Waals surface area contributed by atoms with Crippen LogP contribution in [0.25, 0.3) is 0 Å². The van der Waals surface area contributed by atoms with Gasteiger partial charge >= 0.3 is 11.9 Å². The average Bonchev–Trinajstić information content (AvgIpc) is 2.92. The molecule has 0 spiro atoms. The zero-order valence-corrected chi connectivity index (χ0v) is 36.3. The topological polar surface area (TPSA) is 180 Å². The van der Waals surface area contributed by atoms with E-state index >= 15 is 0 Å². The number of carbonyl (C=O) groups excluding carboxylic acids is 3. The van der Waals surface area contributed by atoms with Crippen LogP contribution in [0.15, 0.2) is 29.2 Å². The van der Waals surface area contributed by atoms with E-state index in [4.69, 9.17) is 14.2 Å². The summed E-state index contributed by atoms with van der Waals surface area (Å²) >= 11 is 0. The van der Waals surface area contributed by atoms with Gasteiger partial charge in [0.05, 0.1) is 35.7 Å². The van der Waals surface area contributed by atoms with Crippen molar-refractivity contribution >= 4 is 17.7 Å². The number of rotatable bonds is 5. The predicted molar refractivity (Wildman–Crippen MR) is 150 cm³/mol. The third-order valence-electron chi connectivity index (χ3n) is 10.5. The van der Waals surface area contributed by atoms with Gasteiger partial charge in [0.1, 0.15) is 17.8 Å². The fraction of sp³-hybridized carbons (Fsp3) is 0.688. The zero-order valence-electron chi connectivity index (χ0n) is 26.8. The van der Waals surface area contributed by atoms with Crippen LogP contribution in [0, 0.1) is 129 Å². The van der Waals surface area contributed by atoms with Gasteiger partial charge in [-0.1, -0.05) is 45.9 Å². The van der Waals surface area contributed by atoms with Crippen molar-refractivity contribution in [2.24, 2.45) is 28.6 Å². The Bertz CT molecular complexity index is 1370. The SMILES string of the molecule is C=C=C(OC(=O)C#CC)C1C2C3(O)COC3CC(O)C2(C)C(=O)C(O)C2=C(C)C(OC(=O)C(O)C(C)C)CC1(O)C2(C)C.[Ac].[Ac]. The first-order valence-electron chi connectivity index (χ1n) is 14.5. The maximum atomic E-state index is 14.4. The molecule has 5 N–H and O–H groups in total. The Labute approximate surface area is 335 Å². The number of ketones is 1. The van der Waals surface area contributed by atoms with Gasteiger partial charge in [-0.2, -0.15) is 0 Å². The van der Waals surface area contributed by atoms with Crippen LogP contribution in [0.3, 0.4) is 0 Å². The molecule has 1 saturated heterocycles. The Kier molecular flexibility index (Phi) is 13.3. The normalized spacial score (nSPS) is 38.5. The van der Waals surface area contributed by atoms with E-state index in [1.54, 1.807) is 34.6 Å². The molecule has 0 amide bonds. The monoisotopic (exact) mass is 1060 g/mol. The van der Waals surface area contributed by atoms with Crippen LogP contribution in [-0.2, 0) is 28.6 Å². The molecule has 4 rings (SSSR count).